The highest BCUT2D eigenvalue weighted by Gasteiger charge is 2.28. The molecule has 5 aromatic rings. The monoisotopic (exact) mass is 576 g/mol. The van der Waals surface area contributed by atoms with Gasteiger partial charge in [0.05, 0.1) is 28.2 Å². The number of halogens is 2. The molecule has 0 radical (unpaired) electrons. The first-order valence-corrected chi connectivity index (χ1v) is 14.4. The molecular formula is C34H30F2N6O. The van der Waals surface area contributed by atoms with E-state index < -0.39 is 11.6 Å². The number of fused-ring (bicyclic) bond motifs is 2. The number of amides is 1. The number of nitrogens with zero attached hydrogens (tertiary/aromatic N) is 5. The fourth-order valence-corrected chi connectivity index (χ4v) is 6.17. The molecule has 3 aromatic heterocycles. The molecule has 216 valence electrons. The molecule has 2 aliphatic rings. The standard InChI is InChI=1S/C34H30F2N6O/c1-19-3-6-29(38-16-19)20(2)42-18-28(21-4-5-22-14-31(43)40-30(22)13-21)32-33(41-9-7-26(37)8-10-41)27(17-39-34(32)42)23-11-24(35)15-25(36)12-23/h3-6,11-18,20,26H,7-10,37H2,1-2H3. The highest BCUT2D eigenvalue weighted by molar-refractivity contribution is 6.09. The smallest absolute Gasteiger partial charge is 0.270 e. The van der Waals surface area contributed by atoms with Gasteiger partial charge in [0, 0.05) is 66.2 Å². The quantitative estimate of drug-likeness (QED) is 0.324. The molecule has 7 rings (SSSR count). The van der Waals surface area contributed by atoms with Crippen molar-refractivity contribution in [2.45, 2.75) is 38.8 Å². The Labute approximate surface area is 247 Å². The predicted octanol–water partition coefficient (Wildman–Crippen LogP) is 4.83. The first kappa shape index (κ1) is 27.1. The van der Waals surface area contributed by atoms with Gasteiger partial charge in [-0.2, -0.15) is 0 Å². The van der Waals surface area contributed by atoms with Crippen LogP contribution in [0.1, 0.15) is 37.1 Å². The molecule has 1 fully saturated rings. The van der Waals surface area contributed by atoms with Crippen molar-refractivity contribution in [2.75, 3.05) is 18.0 Å². The molecule has 1 atom stereocenters. The van der Waals surface area contributed by atoms with Crippen LogP contribution in [0.25, 0.3) is 39.4 Å². The zero-order chi connectivity index (χ0) is 29.8. The Kier molecular flexibility index (Phi) is 6.62. The van der Waals surface area contributed by atoms with E-state index in [1.54, 1.807) is 6.20 Å². The Bertz CT molecular complexity index is 2010. The van der Waals surface area contributed by atoms with Gasteiger partial charge in [0.1, 0.15) is 17.3 Å². The summed E-state index contributed by atoms with van der Waals surface area (Å²) in [6.45, 7) is 5.45. The first-order chi connectivity index (χ1) is 20.7. The summed E-state index contributed by atoms with van der Waals surface area (Å²) in [4.78, 5) is 28.1. The fraction of sp³-hybridized carbons (Fsp3) is 0.235. The second-order valence-electron chi connectivity index (χ2n) is 11.5. The summed E-state index contributed by atoms with van der Waals surface area (Å²) in [5, 5.41) is 2.23. The third kappa shape index (κ3) is 4.89. The molecule has 5 heterocycles. The largest absolute Gasteiger partial charge is 0.370 e. The lowest BCUT2D eigenvalue weighted by Gasteiger charge is -2.34. The maximum absolute atomic E-state index is 14.5. The minimum Gasteiger partial charge on any atom is -0.370 e. The van der Waals surface area contributed by atoms with Crippen LogP contribution in [0.3, 0.4) is 0 Å². The summed E-state index contributed by atoms with van der Waals surface area (Å²) in [5.41, 5.74) is 12.6. The van der Waals surface area contributed by atoms with Crippen molar-refractivity contribution in [3.63, 3.8) is 0 Å². The van der Waals surface area contributed by atoms with Crippen LogP contribution in [0.4, 0.5) is 14.5 Å². The van der Waals surface area contributed by atoms with E-state index in [1.165, 1.54) is 18.2 Å². The Balaban J connectivity index is 1.54. The maximum Gasteiger partial charge on any atom is 0.270 e. The molecular weight excluding hydrogens is 546 g/mol. The van der Waals surface area contributed by atoms with Gasteiger partial charge in [0.2, 0.25) is 0 Å². The second-order valence-corrected chi connectivity index (χ2v) is 11.5. The molecule has 2 aromatic carbocycles. The van der Waals surface area contributed by atoms with E-state index in [-0.39, 0.29) is 18.0 Å². The van der Waals surface area contributed by atoms with Gasteiger partial charge < -0.3 is 15.2 Å². The van der Waals surface area contributed by atoms with Crippen LogP contribution >= 0.6 is 0 Å². The Hall–Kier alpha value is -4.76. The average molecular weight is 577 g/mol. The Morgan fingerprint density at radius 3 is 2.42 bits per heavy atom. The van der Waals surface area contributed by atoms with E-state index in [1.807, 2.05) is 43.5 Å². The van der Waals surface area contributed by atoms with Crippen LogP contribution in [0.15, 0.2) is 72.1 Å². The molecule has 0 spiro atoms. The normalized spacial score (nSPS) is 15.8. The number of carbonyl (C=O) groups is 1. The zero-order valence-corrected chi connectivity index (χ0v) is 23.9. The lowest BCUT2D eigenvalue weighted by Crippen LogP contribution is -2.40. The molecule has 9 heteroatoms. The first-order valence-electron chi connectivity index (χ1n) is 14.4. The van der Waals surface area contributed by atoms with Gasteiger partial charge in [0.15, 0.2) is 0 Å². The van der Waals surface area contributed by atoms with Crippen LogP contribution in [0, 0.1) is 18.6 Å². The van der Waals surface area contributed by atoms with E-state index in [9.17, 15) is 13.6 Å². The highest BCUT2D eigenvalue weighted by Crippen LogP contribution is 2.44. The SMILES string of the molecule is Cc1ccc(C(C)n2cc(-c3ccc4c(c3)=NC(=O)C=4)c3c(N4CCC(N)CC4)c(-c4cc(F)cc(F)c4)cnc32)nc1. The molecule has 2 N–H and O–H groups in total. The third-order valence-corrected chi connectivity index (χ3v) is 8.47. The van der Waals surface area contributed by atoms with Crippen LogP contribution < -0.4 is 21.2 Å². The van der Waals surface area contributed by atoms with Crippen molar-refractivity contribution < 1.29 is 13.6 Å². The number of rotatable bonds is 5. The number of hydrogen-bond donors (Lipinski definition) is 1. The van der Waals surface area contributed by atoms with Gasteiger partial charge in [-0.25, -0.2) is 18.8 Å². The van der Waals surface area contributed by atoms with Crippen molar-refractivity contribution in [1.82, 2.24) is 14.5 Å². The molecule has 0 saturated carbocycles. The van der Waals surface area contributed by atoms with E-state index in [0.717, 1.165) is 63.2 Å². The van der Waals surface area contributed by atoms with E-state index in [0.29, 0.717) is 29.6 Å². The van der Waals surface area contributed by atoms with Crippen molar-refractivity contribution in [3.05, 3.63) is 101 Å². The summed E-state index contributed by atoms with van der Waals surface area (Å²) < 4.78 is 31.2. The van der Waals surface area contributed by atoms with Crippen LogP contribution in [-0.2, 0) is 4.79 Å². The molecule has 0 aliphatic carbocycles. The Morgan fingerprint density at radius 1 is 0.930 bits per heavy atom. The van der Waals surface area contributed by atoms with Crippen molar-refractivity contribution in [3.8, 4) is 22.3 Å². The van der Waals surface area contributed by atoms with Gasteiger partial charge in [-0.1, -0.05) is 18.2 Å². The number of nitrogens with two attached hydrogens (primary N) is 1. The van der Waals surface area contributed by atoms with Gasteiger partial charge in [-0.05, 0) is 67.6 Å². The van der Waals surface area contributed by atoms with E-state index in [4.69, 9.17) is 15.7 Å². The molecule has 0 bridgehead atoms. The van der Waals surface area contributed by atoms with Gasteiger partial charge in [-0.15, -0.1) is 0 Å². The van der Waals surface area contributed by atoms with Crippen molar-refractivity contribution in [1.29, 1.82) is 0 Å². The van der Waals surface area contributed by atoms with Crippen molar-refractivity contribution in [2.24, 2.45) is 10.7 Å². The lowest BCUT2D eigenvalue weighted by atomic mass is 9.96. The summed E-state index contributed by atoms with van der Waals surface area (Å²) in [7, 11) is 0. The number of hydrogen-bond acceptors (Lipinski definition) is 5. The Morgan fingerprint density at radius 2 is 1.70 bits per heavy atom. The third-order valence-electron chi connectivity index (χ3n) is 8.47. The van der Waals surface area contributed by atoms with Crippen molar-refractivity contribution >= 4 is 28.7 Å². The number of benzene rings is 2. The second kappa shape index (κ2) is 10.5. The van der Waals surface area contributed by atoms with Crippen LogP contribution in [0.2, 0.25) is 0 Å². The molecule has 7 nitrogen and oxygen atoms in total. The number of anilines is 1. The predicted molar refractivity (Wildman–Crippen MR) is 163 cm³/mol. The van der Waals surface area contributed by atoms with Gasteiger partial charge in [-0.3, -0.25) is 9.78 Å². The highest BCUT2D eigenvalue weighted by atomic mass is 19.1. The number of aryl methyl sites for hydroxylation is 1. The molecule has 2 aliphatic heterocycles. The minimum absolute atomic E-state index is 0.0902. The zero-order valence-electron chi connectivity index (χ0n) is 23.9. The molecule has 1 saturated heterocycles. The number of carbonyl (C=O) groups excluding carboxylic acids is 1. The average Bonchev–Trinajstić information content (AvgIpc) is 3.56. The number of piperidine rings is 1. The fourth-order valence-electron chi connectivity index (χ4n) is 6.17. The van der Waals surface area contributed by atoms with Gasteiger partial charge >= 0.3 is 0 Å². The molecule has 1 amide bonds. The topological polar surface area (TPSA) is 89.4 Å². The summed E-state index contributed by atoms with van der Waals surface area (Å²) >= 11 is 0. The number of pyridine rings is 2. The summed E-state index contributed by atoms with van der Waals surface area (Å²) in [6, 6.07) is 13.3. The molecule has 43 heavy (non-hydrogen) atoms. The van der Waals surface area contributed by atoms with Crippen LogP contribution in [0.5, 0.6) is 0 Å². The summed E-state index contributed by atoms with van der Waals surface area (Å²) in [5.74, 6) is -1.59. The maximum atomic E-state index is 14.5. The minimum atomic E-state index is -0.653. The lowest BCUT2D eigenvalue weighted by molar-refractivity contribution is -0.112. The molecule has 1 unspecified atom stereocenters. The van der Waals surface area contributed by atoms with E-state index >= 15 is 0 Å². The van der Waals surface area contributed by atoms with Crippen LogP contribution in [-0.4, -0.2) is 39.6 Å². The number of aromatic nitrogens is 3. The van der Waals surface area contributed by atoms with Gasteiger partial charge in [0.25, 0.3) is 5.91 Å². The van der Waals surface area contributed by atoms with E-state index in [2.05, 4.69) is 27.6 Å². The summed E-state index contributed by atoms with van der Waals surface area (Å²) in [6.07, 6.45) is 8.71.